The summed E-state index contributed by atoms with van der Waals surface area (Å²) in [7, 11) is 0. The molecule has 0 spiro atoms. The topological polar surface area (TPSA) is 42.0 Å². The van der Waals surface area contributed by atoms with Crippen LogP contribution >= 0.6 is 34.5 Å². The first-order valence-corrected chi connectivity index (χ1v) is 8.90. The molecule has 1 unspecified atom stereocenters. The highest BCUT2D eigenvalue weighted by molar-refractivity contribution is 7.09. The van der Waals surface area contributed by atoms with Crippen molar-refractivity contribution in [1.82, 2.24) is 10.3 Å². The fraction of sp³-hybridized carbons (Fsp3) is 0.375. The average Bonchev–Trinajstić information content (AvgIpc) is 2.96. The van der Waals surface area contributed by atoms with Crippen molar-refractivity contribution in [2.45, 2.75) is 25.7 Å². The number of nitrogens with one attached hydrogen (secondary N) is 1. The Balaban J connectivity index is 1.51. The van der Waals surface area contributed by atoms with Crippen molar-refractivity contribution in [2.75, 3.05) is 6.54 Å². The second-order valence-electron chi connectivity index (χ2n) is 5.44. The third-order valence-corrected chi connectivity index (χ3v) is 5.45. The van der Waals surface area contributed by atoms with E-state index in [4.69, 9.17) is 23.2 Å². The van der Waals surface area contributed by atoms with E-state index in [2.05, 4.69) is 10.3 Å². The Morgan fingerprint density at radius 1 is 1.41 bits per heavy atom. The van der Waals surface area contributed by atoms with Gasteiger partial charge in [-0.2, -0.15) is 0 Å². The van der Waals surface area contributed by atoms with Gasteiger partial charge in [-0.05, 0) is 43.4 Å². The summed E-state index contributed by atoms with van der Waals surface area (Å²) in [6.07, 6.45) is 3.30. The number of hydrogen-bond acceptors (Lipinski definition) is 3. The third kappa shape index (κ3) is 3.62. The van der Waals surface area contributed by atoms with E-state index in [9.17, 15) is 4.79 Å². The quantitative estimate of drug-likeness (QED) is 0.903. The number of nitrogens with zero attached hydrogens (tertiary/aromatic N) is 1. The van der Waals surface area contributed by atoms with E-state index in [-0.39, 0.29) is 11.8 Å². The van der Waals surface area contributed by atoms with Gasteiger partial charge >= 0.3 is 0 Å². The van der Waals surface area contributed by atoms with Crippen LogP contribution in [0.25, 0.3) is 0 Å². The highest BCUT2D eigenvalue weighted by Gasteiger charge is 2.25. The molecule has 1 aliphatic carbocycles. The van der Waals surface area contributed by atoms with Crippen LogP contribution in [0.2, 0.25) is 10.0 Å². The summed E-state index contributed by atoms with van der Waals surface area (Å²) in [4.78, 5) is 17.9. The van der Waals surface area contributed by atoms with E-state index >= 15 is 0 Å². The van der Waals surface area contributed by atoms with Crippen LogP contribution in [-0.4, -0.2) is 17.4 Å². The van der Waals surface area contributed by atoms with Gasteiger partial charge in [0.1, 0.15) is 0 Å². The first-order chi connectivity index (χ1) is 10.6. The number of hydrogen-bond donors (Lipinski definition) is 1. The second-order valence-corrected chi connectivity index (χ2v) is 7.22. The first kappa shape index (κ1) is 15.8. The zero-order valence-electron chi connectivity index (χ0n) is 11.9. The van der Waals surface area contributed by atoms with Crippen molar-refractivity contribution in [3.63, 3.8) is 0 Å². The number of thiazole rings is 1. The van der Waals surface area contributed by atoms with Crippen molar-refractivity contribution in [3.8, 4) is 0 Å². The minimum absolute atomic E-state index is 0.0636. The molecule has 3 nitrogen and oxygen atoms in total. The molecule has 0 aliphatic heterocycles. The van der Waals surface area contributed by atoms with E-state index in [1.54, 1.807) is 17.4 Å². The maximum Gasteiger partial charge on any atom is 0.223 e. The maximum absolute atomic E-state index is 12.3. The smallest absolute Gasteiger partial charge is 0.223 e. The Morgan fingerprint density at radius 2 is 2.27 bits per heavy atom. The lowest BCUT2D eigenvalue weighted by Crippen LogP contribution is -2.35. The molecule has 6 heteroatoms. The molecule has 116 valence electrons. The molecule has 0 bridgehead atoms. The van der Waals surface area contributed by atoms with Gasteiger partial charge in [0.2, 0.25) is 5.91 Å². The summed E-state index contributed by atoms with van der Waals surface area (Å²) in [5.74, 6) is 0.192. The van der Waals surface area contributed by atoms with E-state index < -0.39 is 0 Å². The van der Waals surface area contributed by atoms with Gasteiger partial charge in [0, 0.05) is 27.4 Å². The zero-order chi connectivity index (χ0) is 15.5. The average molecular weight is 355 g/mol. The van der Waals surface area contributed by atoms with Crippen LogP contribution in [0.5, 0.6) is 0 Å². The number of aryl methyl sites for hydroxylation is 1. The molecule has 1 heterocycles. The fourth-order valence-corrected chi connectivity index (χ4v) is 4.11. The summed E-state index contributed by atoms with van der Waals surface area (Å²) in [5, 5.41) is 4.29. The predicted molar refractivity (Wildman–Crippen MR) is 90.8 cm³/mol. The van der Waals surface area contributed by atoms with Crippen LogP contribution in [0.4, 0.5) is 0 Å². The summed E-state index contributed by atoms with van der Waals surface area (Å²) < 4.78 is 0. The van der Waals surface area contributed by atoms with Crippen LogP contribution in [0, 0.1) is 5.92 Å². The van der Waals surface area contributed by atoms with Crippen molar-refractivity contribution >= 4 is 40.4 Å². The van der Waals surface area contributed by atoms with Crippen LogP contribution < -0.4 is 5.32 Å². The molecule has 2 aromatic rings. The SMILES string of the molecule is O=C(NCCc1ccc(Cl)cc1Cl)C1CCc2ncsc2C1. The number of benzene rings is 1. The molecule has 1 atom stereocenters. The Kier molecular flexibility index (Phi) is 5.01. The molecule has 22 heavy (non-hydrogen) atoms. The number of halogens is 2. The van der Waals surface area contributed by atoms with Crippen LogP contribution in [0.3, 0.4) is 0 Å². The van der Waals surface area contributed by atoms with Gasteiger partial charge in [-0.15, -0.1) is 11.3 Å². The van der Waals surface area contributed by atoms with Crippen LogP contribution in [0.15, 0.2) is 23.7 Å². The monoisotopic (exact) mass is 354 g/mol. The Labute approximate surface area is 143 Å². The Morgan fingerprint density at radius 3 is 3.09 bits per heavy atom. The Hall–Kier alpha value is -1.10. The van der Waals surface area contributed by atoms with E-state index in [1.165, 1.54) is 10.6 Å². The molecule has 1 aromatic heterocycles. The lowest BCUT2D eigenvalue weighted by Gasteiger charge is -2.20. The zero-order valence-corrected chi connectivity index (χ0v) is 14.3. The van der Waals surface area contributed by atoms with Crippen LogP contribution in [0.1, 0.15) is 22.6 Å². The highest BCUT2D eigenvalue weighted by atomic mass is 35.5. The molecule has 0 saturated heterocycles. The van der Waals surface area contributed by atoms with E-state index in [1.807, 2.05) is 17.6 Å². The van der Waals surface area contributed by atoms with Crippen molar-refractivity contribution in [1.29, 1.82) is 0 Å². The van der Waals surface area contributed by atoms with Crippen molar-refractivity contribution in [2.24, 2.45) is 5.92 Å². The van der Waals surface area contributed by atoms with Crippen molar-refractivity contribution < 1.29 is 4.79 Å². The van der Waals surface area contributed by atoms with Crippen LogP contribution in [-0.2, 0) is 24.1 Å². The van der Waals surface area contributed by atoms with Gasteiger partial charge in [0.05, 0.1) is 11.2 Å². The van der Waals surface area contributed by atoms with E-state index in [0.717, 1.165) is 24.8 Å². The number of fused-ring (bicyclic) bond motifs is 1. The van der Waals surface area contributed by atoms with E-state index in [0.29, 0.717) is 23.0 Å². The number of carbonyl (C=O) groups excluding carboxylic acids is 1. The van der Waals surface area contributed by atoms with Gasteiger partial charge in [-0.3, -0.25) is 4.79 Å². The predicted octanol–water partition coefficient (Wildman–Crippen LogP) is 3.91. The number of carbonyl (C=O) groups is 1. The Bertz CT molecular complexity index is 687. The summed E-state index contributed by atoms with van der Waals surface area (Å²) in [5.41, 5.74) is 4.04. The van der Waals surface area contributed by atoms with Gasteiger partial charge in [0.25, 0.3) is 0 Å². The highest BCUT2D eigenvalue weighted by Crippen LogP contribution is 2.27. The number of rotatable bonds is 4. The molecular weight excluding hydrogens is 339 g/mol. The lowest BCUT2D eigenvalue weighted by atomic mass is 9.90. The summed E-state index contributed by atoms with van der Waals surface area (Å²) >= 11 is 13.7. The minimum atomic E-state index is 0.0636. The molecule has 0 saturated carbocycles. The summed E-state index contributed by atoms with van der Waals surface area (Å²) in [6.45, 7) is 0.590. The molecule has 1 N–H and O–H groups in total. The standard InChI is InChI=1S/C16H16Cl2N2OS/c17-12-3-1-10(13(18)8-12)5-6-19-16(21)11-2-4-14-15(7-11)22-9-20-14/h1,3,8-9,11H,2,4-7H2,(H,19,21). The minimum Gasteiger partial charge on any atom is -0.356 e. The van der Waals surface area contributed by atoms with Gasteiger partial charge < -0.3 is 5.32 Å². The number of aromatic nitrogens is 1. The van der Waals surface area contributed by atoms with Crippen molar-refractivity contribution in [3.05, 3.63) is 49.9 Å². The van der Waals surface area contributed by atoms with Gasteiger partial charge in [0.15, 0.2) is 0 Å². The fourth-order valence-electron chi connectivity index (χ4n) is 2.71. The molecule has 0 fully saturated rings. The molecule has 3 rings (SSSR count). The third-order valence-electron chi connectivity index (χ3n) is 3.97. The van der Waals surface area contributed by atoms with Gasteiger partial charge in [-0.1, -0.05) is 29.3 Å². The van der Waals surface area contributed by atoms with Gasteiger partial charge in [-0.25, -0.2) is 4.98 Å². The largest absolute Gasteiger partial charge is 0.356 e. The molecule has 1 aromatic carbocycles. The molecule has 0 radical (unpaired) electrons. The second kappa shape index (κ2) is 6.99. The lowest BCUT2D eigenvalue weighted by molar-refractivity contribution is -0.125. The maximum atomic E-state index is 12.3. The molecule has 1 aliphatic rings. The first-order valence-electron chi connectivity index (χ1n) is 7.26. The number of amides is 1. The summed E-state index contributed by atoms with van der Waals surface area (Å²) in [6, 6.07) is 5.45. The molecular formula is C16H16Cl2N2OS. The normalized spacial score (nSPS) is 17.1. The molecule has 1 amide bonds.